The number of allylic oxidation sites excluding steroid dienone is 2. The lowest BCUT2D eigenvalue weighted by Gasteiger charge is -2.59. The summed E-state index contributed by atoms with van der Waals surface area (Å²) in [5.74, 6) is 1.89. The summed E-state index contributed by atoms with van der Waals surface area (Å²) in [5.41, 5.74) is 3.00. The van der Waals surface area contributed by atoms with Gasteiger partial charge in [-0.15, -0.1) is 0 Å². The molecule has 4 nitrogen and oxygen atoms in total. The molecule has 2 saturated carbocycles. The summed E-state index contributed by atoms with van der Waals surface area (Å²) in [6.45, 7) is 7.01. The van der Waals surface area contributed by atoms with E-state index in [0.29, 0.717) is 36.5 Å². The molecule has 0 spiro atoms. The number of piperidine rings is 1. The topological polar surface area (TPSA) is 57.6 Å². The van der Waals surface area contributed by atoms with Gasteiger partial charge >= 0.3 is 5.97 Å². The summed E-state index contributed by atoms with van der Waals surface area (Å²) in [6, 6.07) is 0. The minimum absolute atomic E-state index is 0.113. The Morgan fingerprint density at radius 2 is 1.92 bits per heavy atom. The number of hydrogen-bond donors (Lipinski definition) is 1. The molecule has 1 aliphatic heterocycles. The number of carbonyl (C=O) groups is 2. The Morgan fingerprint density at radius 3 is 2.62 bits per heavy atom. The lowest BCUT2D eigenvalue weighted by Crippen LogP contribution is -2.54. The van der Waals surface area contributed by atoms with Gasteiger partial charge in [0.05, 0.1) is 0 Å². The highest BCUT2D eigenvalue weighted by Gasteiger charge is 2.60. The molecule has 0 radical (unpaired) electrons. The highest BCUT2D eigenvalue weighted by molar-refractivity contribution is 5.79. The Morgan fingerprint density at radius 1 is 1.19 bits per heavy atom. The van der Waals surface area contributed by atoms with Crippen LogP contribution >= 0.6 is 0 Å². The van der Waals surface area contributed by atoms with E-state index in [4.69, 9.17) is 0 Å². The van der Waals surface area contributed by atoms with Gasteiger partial charge in [-0.2, -0.15) is 0 Å². The van der Waals surface area contributed by atoms with Gasteiger partial charge in [0.2, 0.25) is 5.91 Å². The van der Waals surface area contributed by atoms with Crippen LogP contribution in [0.1, 0.15) is 72.1 Å². The fourth-order valence-corrected chi connectivity index (χ4v) is 7.76. The standard InChI is InChI=1S/C22H33NO3/c1-13-11-15-16-6-5-14(12-19(25)26)21(16,2)9-7-17(15)22(3)10-8-18(24)23(4)20(13)22/h14-17H,5-12H2,1-4H3,(H,25,26)/t14-,15+,16+,17+,21-,22-/m1/s1. The molecule has 4 rings (SSSR count). The third kappa shape index (κ3) is 2.33. The van der Waals surface area contributed by atoms with Gasteiger partial charge in [0, 0.05) is 31.0 Å². The molecule has 144 valence electrons. The number of rotatable bonds is 2. The first-order valence-corrected chi connectivity index (χ1v) is 10.4. The molecular weight excluding hydrogens is 326 g/mol. The molecular formula is C22H33NO3. The van der Waals surface area contributed by atoms with Crippen molar-refractivity contribution in [2.24, 2.45) is 34.5 Å². The molecule has 1 N–H and O–H groups in total. The lowest BCUT2D eigenvalue weighted by atomic mass is 9.48. The van der Waals surface area contributed by atoms with Crippen molar-refractivity contribution in [1.82, 2.24) is 4.90 Å². The highest BCUT2D eigenvalue weighted by Crippen LogP contribution is 2.67. The van der Waals surface area contributed by atoms with Gasteiger partial charge in [0.25, 0.3) is 0 Å². The molecule has 0 unspecified atom stereocenters. The summed E-state index contributed by atoms with van der Waals surface area (Å²) < 4.78 is 0. The Hall–Kier alpha value is -1.32. The number of carbonyl (C=O) groups excluding carboxylic acids is 1. The average Bonchev–Trinajstić information content (AvgIpc) is 2.88. The monoisotopic (exact) mass is 359 g/mol. The summed E-state index contributed by atoms with van der Waals surface area (Å²) in [4.78, 5) is 25.6. The summed E-state index contributed by atoms with van der Waals surface area (Å²) in [5, 5.41) is 9.36. The normalized spacial score (nSPS) is 45.2. The van der Waals surface area contributed by atoms with Crippen LogP contribution in [-0.4, -0.2) is 28.9 Å². The van der Waals surface area contributed by atoms with E-state index in [1.165, 1.54) is 24.1 Å². The number of nitrogens with zero attached hydrogens (tertiary/aromatic N) is 1. The van der Waals surface area contributed by atoms with Gasteiger partial charge in [0.1, 0.15) is 0 Å². The summed E-state index contributed by atoms with van der Waals surface area (Å²) in [6.07, 6.45) is 7.65. The van der Waals surface area contributed by atoms with E-state index in [1.807, 2.05) is 11.9 Å². The van der Waals surface area contributed by atoms with E-state index >= 15 is 0 Å². The van der Waals surface area contributed by atoms with Crippen LogP contribution in [0.3, 0.4) is 0 Å². The number of carboxylic acids is 1. The Bertz CT molecular complexity index is 683. The molecule has 26 heavy (non-hydrogen) atoms. The number of fused-ring (bicyclic) bond motifs is 5. The zero-order chi connectivity index (χ0) is 18.9. The molecule has 1 amide bonds. The molecule has 1 saturated heterocycles. The third-order valence-electron chi connectivity index (χ3n) is 8.93. The van der Waals surface area contributed by atoms with Crippen LogP contribution in [0.2, 0.25) is 0 Å². The highest BCUT2D eigenvalue weighted by atomic mass is 16.4. The van der Waals surface area contributed by atoms with Gasteiger partial charge in [-0.3, -0.25) is 9.59 Å². The molecule has 0 aromatic heterocycles. The predicted molar refractivity (Wildman–Crippen MR) is 100 cm³/mol. The van der Waals surface area contributed by atoms with Crippen LogP contribution in [0.15, 0.2) is 11.3 Å². The molecule has 0 aromatic rings. The van der Waals surface area contributed by atoms with Gasteiger partial charge < -0.3 is 10.0 Å². The van der Waals surface area contributed by atoms with Crippen LogP contribution in [0, 0.1) is 34.5 Å². The fraction of sp³-hybridized carbons (Fsp3) is 0.818. The van der Waals surface area contributed by atoms with Crippen molar-refractivity contribution in [3.63, 3.8) is 0 Å². The molecule has 3 fully saturated rings. The largest absolute Gasteiger partial charge is 0.481 e. The second-order valence-corrected chi connectivity index (χ2v) is 10.00. The molecule has 3 aliphatic carbocycles. The van der Waals surface area contributed by atoms with Gasteiger partial charge in [-0.05, 0) is 74.5 Å². The van der Waals surface area contributed by atoms with Gasteiger partial charge in [-0.1, -0.05) is 19.4 Å². The van der Waals surface area contributed by atoms with Crippen molar-refractivity contribution in [3.05, 3.63) is 11.3 Å². The smallest absolute Gasteiger partial charge is 0.303 e. The lowest BCUT2D eigenvalue weighted by molar-refractivity contribution is -0.140. The minimum Gasteiger partial charge on any atom is -0.481 e. The zero-order valence-corrected chi connectivity index (χ0v) is 16.7. The van der Waals surface area contributed by atoms with E-state index in [2.05, 4.69) is 20.8 Å². The number of aliphatic carboxylic acids is 1. The van der Waals surface area contributed by atoms with E-state index < -0.39 is 5.97 Å². The predicted octanol–water partition coefficient (Wildman–Crippen LogP) is 4.46. The van der Waals surface area contributed by atoms with E-state index in [1.54, 1.807) is 0 Å². The van der Waals surface area contributed by atoms with Crippen LogP contribution in [-0.2, 0) is 9.59 Å². The molecule has 4 aliphatic rings. The van der Waals surface area contributed by atoms with Crippen molar-refractivity contribution >= 4 is 11.9 Å². The molecule has 1 heterocycles. The Labute approximate surface area is 157 Å². The van der Waals surface area contributed by atoms with Crippen LogP contribution < -0.4 is 0 Å². The molecule has 4 heteroatoms. The van der Waals surface area contributed by atoms with Crippen molar-refractivity contribution < 1.29 is 14.7 Å². The first kappa shape index (κ1) is 18.1. The van der Waals surface area contributed by atoms with Gasteiger partial charge in [-0.25, -0.2) is 0 Å². The number of amides is 1. The quantitative estimate of drug-likeness (QED) is 0.792. The van der Waals surface area contributed by atoms with E-state index in [9.17, 15) is 14.7 Å². The van der Waals surface area contributed by atoms with Crippen molar-refractivity contribution in [1.29, 1.82) is 0 Å². The minimum atomic E-state index is -0.639. The van der Waals surface area contributed by atoms with Crippen molar-refractivity contribution in [2.45, 2.75) is 72.1 Å². The Balaban J connectivity index is 1.69. The van der Waals surface area contributed by atoms with Crippen molar-refractivity contribution in [2.75, 3.05) is 7.05 Å². The Kier molecular flexibility index (Phi) is 4.06. The van der Waals surface area contributed by atoms with Crippen LogP contribution in [0.5, 0.6) is 0 Å². The zero-order valence-electron chi connectivity index (χ0n) is 16.7. The number of hydrogen-bond acceptors (Lipinski definition) is 2. The first-order valence-electron chi connectivity index (χ1n) is 10.4. The van der Waals surface area contributed by atoms with Crippen molar-refractivity contribution in [3.8, 4) is 0 Å². The average molecular weight is 360 g/mol. The maximum absolute atomic E-state index is 12.3. The molecule has 0 aromatic carbocycles. The second-order valence-electron chi connectivity index (χ2n) is 10.00. The third-order valence-corrected chi connectivity index (χ3v) is 8.93. The fourth-order valence-electron chi connectivity index (χ4n) is 7.76. The SMILES string of the molecule is CC1=C2N(C)C(=O)CC[C@]2(C)[C@H]2CC[C@]3(C)[C@@H](CC(=O)O)CC[C@H]3[C@@H]2C1. The second kappa shape index (κ2) is 5.84. The molecule has 6 atom stereocenters. The van der Waals surface area contributed by atoms with E-state index in [0.717, 1.165) is 25.7 Å². The van der Waals surface area contributed by atoms with Crippen LogP contribution in [0.25, 0.3) is 0 Å². The summed E-state index contributed by atoms with van der Waals surface area (Å²) >= 11 is 0. The maximum Gasteiger partial charge on any atom is 0.303 e. The molecule has 0 bridgehead atoms. The number of carboxylic acid groups (broad SMARTS) is 1. The van der Waals surface area contributed by atoms with Gasteiger partial charge in [0.15, 0.2) is 0 Å². The van der Waals surface area contributed by atoms with E-state index in [-0.39, 0.29) is 16.7 Å². The summed E-state index contributed by atoms with van der Waals surface area (Å²) in [7, 11) is 1.96. The number of likely N-dealkylation sites (tertiary alicyclic amines) is 1. The van der Waals surface area contributed by atoms with Crippen LogP contribution in [0.4, 0.5) is 0 Å². The first-order chi connectivity index (χ1) is 12.2. The maximum atomic E-state index is 12.3.